The second-order valence-electron chi connectivity index (χ2n) is 3.48. The zero-order valence-corrected chi connectivity index (χ0v) is 8.43. The van der Waals surface area contributed by atoms with E-state index in [2.05, 4.69) is 18.4 Å². The third kappa shape index (κ3) is 2.07. The van der Waals surface area contributed by atoms with Crippen molar-refractivity contribution in [2.75, 3.05) is 0 Å². The van der Waals surface area contributed by atoms with Crippen LogP contribution in [0, 0.1) is 12.8 Å². The van der Waals surface area contributed by atoms with Gasteiger partial charge in [-0.25, -0.2) is 0 Å². The fourth-order valence-electron chi connectivity index (χ4n) is 1.22. The van der Waals surface area contributed by atoms with Crippen LogP contribution in [0.3, 0.4) is 0 Å². The summed E-state index contributed by atoms with van der Waals surface area (Å²) in [5.74, 6) is 0.643. The number of hydrogen-bond donors (Lipinski definition) is 0. The molecule has 1 aromatic heterocycles. The monoisotopic (exact) mass is 192 g/mol. The molecular formula is C11H12OS. The van der Waals surface area contributed by atoms with E-state index in [1.54, 1.807) is 17.4 Å². The molecule has 0 N–H and O–H groups in total. The molecule has 0 unspecified atom stereocenters. The van der Waals surface area contributed by atoms with Crippen LogP contribution in [0.5, 0.6) is 0 Å². The maximum absolute atomic E-state index is 11.3. The topological polar surface area (TPSA) is 17.1 Å². The van der Waals surface area contributed by atoms with Gasteiger partial charge in [0.1, 0.15) is 0 Å². The van der Waals surface area contributed by atoms with Gasteiger partial charge >= 0.3 is 0 Å². The van der Waals surface area contributed by atoms with E-state index in [9.17, 15) is 4.79 Å². The Hall–Kier alpha value is -0.890. The molecule has 0 atom stereocenters. The van der Waals surface area contributed by atoms with Crippen molar-refractivity contribution < 1.29 is 4.79 Å². The molecule has 1 aromatic rings. The number of carbonyl (C=O) groups excluding carboxylic acids is 1. The Morgan fingerprint density at radius 2 is 2.38 bits per heavy atom. The van der Waals surface area contributed by atoms with Gasteiger partial charge in [-0.05, 0) is 48.9 Å². The van der Waals surface area contributed by atoms with E-state index in [0.29, 0.717) is 11.7 Å². The quantitative estimate of drug-likeness (QED) is 0.673. The summed E-state index contributed by atoms with van der Waals surface area (Å²) in [5, 5.41) is 2.05. The number of ketones is 1. The first kappa shape index (κ1) is 8.70. The van der Waals surface area contributed by atoms with E-state index in [1.807, 2.05) is 6.08 Å². The standard InChI is InChI=1S/C11H12OS/c1-8-6-7-13-11(8)5-4-10(12)9-2-3-9/h4-7,9H,2-3H2,1H3/b5-4+. The summed E-state index contributed by atoms with van der Waals surface area (Å²) >= 11 is 1.68. The zero-order valence-electron chi connectivity index (χ0n) is 7.62. The summed E-state index contributed by atoms with van der Waals surface area (Å²) in [6, 6.07) is 2.08. The molecule has 0 aliphatic heterocycles. The van der Waals surface area contributed by atoms with Crippen molar-refractivity contribution in [3.05, 3.63) is 28.0 Å². The Balaban J connectivity index is 2.04. The van der Waals surface area contributed by atoms with Crippen LogP contribution in [0.4, 0.5) is 0 Å². The van der Waals surface area contributed by atoms with E-state index in [1.165, 1.54) is 10.4 Å². The van der Waals surface area contributed by atoms with Gasteiger partial charge in [-0.15, -0.1) is 11.3 Å². The summed E-state index contributed by atoms with van der Waals surface area (Å²) in [6.45, 7) is 2.07. The smallest absolute Gasteiger partial charge is 0.158 e. The molecule has 2 heteroatoms. The van der Waals surface area contributed by atoms with Crippen molar-refractivity contribution in [3.8, 4) is 0 Å². The van der Waals surface area contributed by atoms with E-state index in [4.69, 9.17) is 0 Å². The molecule has 2 rings (SSSR count). The first-order chi connectivity index (χ1) is 6.27. The van der Waals surface area contributed by atoms with E-state index in [-0.39, 0.29) is 0 Å². The summed E-state index contributed by atoms with van der Waals surface area (Å²) in [5.41, 5.74) is 1.25. The molecule has 0 saturated heterocycles. The highest BCUT2D eigenvalue weighted by atomic mass is 32.1. The highest BCUT2D eigenvalue weighted by Gasteiger charge is 2.27. The van der Waals surface area contributed by atoms with Crippen molar-refractivity contribution >= 4 is 23.2 Å². The van der Waals surface area contributed by atoms with Gasteiger partial charge in [0.2, 0.25) is 0 Å². The summed E-state index contributed by atoms with van der Waals surface area (Å²) in [6.07, 6.45) is 5.86. The van der Waals surface area contributed by atoms with Crippen LogP contribution < -0.4 is 0 Å². The molecular weight excluding hydrogens is 180 g/mol. The van der Waals surface area contributed by atoms with Crippen LogP contribution in [0.2, 0.25) is 0 Å². The minimum atomic E-state index is 0.299. The third-order valence-corrected chi connectivity index (χ3v) is 3.26. The second kappa shape index (κ2) is 3.46. The van der Waals surface area contributed by atoms with Gasteiger partial charge in [0.25, 0.3) is 0 Å². The Morgan fingerprint density at radius 3 is 2.92 bits per heavy atom. The molecule has 0 bridgehead atoms. The van der Waals surface area contributed by atoms with E-state index >= 15 is 0 Å². The lowest BCUT2D eigenvalue weighted by Crippen LogP contribution is -1.92. The van der Waals surface area contributed by atoms with Gasteiger partial charge in [0.15, 0.2) is 5.78 Å². The van der Waals surface area contributed by atoms with Crippen molar-refractivity contribution in [1.29, 1.82) is 0 Å². The number of allylic oxidation sites excluding steroid dienone is 1. The molecule has 1 fully saturated rings. The minimum Gasteiger partial charge on any atom is -0.295 e. The largest absolute Gasteiger partial charge is 0.295 e. The normalized spacial score (nSPS) is 16.7. The van der Waals surface area contributed by atoms with Crippen LogP contribution in [0.1, 0.15) is 23.3 Å². The summed E-state index contributed by atoms with van der Waals surface area (Å²) in [7, 11) is 0. The van der Waals surface area contributed by atoms with Crippen LogP contribution in [-0.2, 0) is 4.79 Å². The molecule has 1 aliphatic rings. The molecule has 0 radical (unpaired) electrons. The summed E-state index contributed by atoms with van der Waals surface area (Å²) < 4.78 is 0. The third-order valence-electron chi connectivity index (χ3n) is 2.28. The second-order valence-corrected chi connectivity index (χ2v) is 4.43. The lowest BCUT2D eigenvalue weighted by atomic mass is 10.2. The number of aryl methyl sites for hydroxylation is 1. The van der Waals surface area contributed by atoms with Crippen molar-refractivity contribution in [2.24, 2.45) is 5.92 Å². The summed E-state index contributed by atoms with van der Waals surface area (Å²) in [4.78, 5) is 12.5. The molecule has 1 nitrogen and oxygen atoms in total. The Bertz CT molecular complexity index is 345. The van der Waals surface area contributed by atoms with Crippen LogP contribution in [0.25, 0.3) is 6.08 Å². The van der Waals surface area contributed by atoms with Crippen LogP contribution in [-0.4, -0.2) is 5.78 Å². The molecule has 13 heavy (non-hydrogen) atoms. The van der Waals surface area contributed by atoms with Gasteiger partial charge < -0.3 is 0 Å². The fourth-order valence-corrected chi connectivity index (χ4v) is 2.04. The van der Waals surface area contributed by atoms with E-state index < -0.39 is 0 Å². The SMILES string of the molecule is Cc1ccsc1/C=C/C(=O)C1CC1. The van der Waals surface area contributed by atoms with Gasteiger partial charge in [0, 0.05) is 10.8 Å². The molecule has 1 saturated carbocycles. The van der Waals surface area contributed by atoms with Gasteiger partial charge in [-0.3, -0.25) is 4.79 Å². The highest BCUT2D eigenvalue weighted by Crippen LogP contribution is 2.30. The Kier molecular flexibility index (Phi) is 2.32. The van der Waals surface area contributed by atoms with Crippen molar-refractivity contribution in [1.82, 2.24) is 0 Å². The van der Waals surface area contributed by atoms with Gasteiger partial charge in [-0.2, -0.15) is 0 Å². The van der Waals surface area contributed by atoms with Crippen molar-refractivity contribution in [3.63, 3.8) is 0 Å². The molecule has 1 heterocycles. The zero-order chi connectivity index (χ0) is 9.26. The molecule has 68 valence electrons. The average Bonchev–Trinajstić information content (AvgIpc) is 2.88. The number of hydrogen-bond acceptors (Lipinski definition) is 2. The van der Waals surface area contributed by atoms with Gasteiger partial charge in [-0.1, -0.05) is 0 Å². The van der Waals surface area contributed by atoms with Crippen molar-refractivity contribution in [2.45, 2.75) is 19.8 Å². The lowest BCUT2D eigenvalue weighted by Gasteiger charge is -1.89. The molecule has 1 aliphatic carbocycles. The maximum Gasteiger partial charge on any atom is 0.158 e. The van der Waals surface area contributed by atoms with E-state index in [0.717, 1.165) is 12.8 Å². The predicted molar refractivity (Wildman–Crippen MR) is 55.8 cm³/mol. The molecule has 0 aromatic carbocycles. The first-order valence-corrected chi connectivity index (χ1v) is 5.41. The number of carbonyl (C=O) groups is 1. The Labute approximate surface area is 82.1 Å². The average molecular weight is 192 g/mol. The Morgan fingerprint density at radius 1 is 1.62 bits per heavy atom. The maximum atomic E-state index is 11.3. The minimum absolute atomic E-state index is 0.299. The fraction of sp³-hybridized carbons (Fsp3) is 0.364. The highest BCUT2D eigenvalue weighted by molar-refractivity contribution is 7.11. The lowest BCUT2D eigenvalue weighted by molar-refractivity contribution is -0.115. The van der Waals surface area contributed by atoms with Crippen LogP contribution in [0.15, 0.2) is 17.5 Å². The number of rotatable bonds is 3. The predicted octanol–water partition coefficient (Wildman–Crippen LogP) is 3.05. The van der Waals surface area contributed by atoms with Crippen LogP contribution >= 0.6 is 11.3 Å². The first-order valence-electron chi connectivity index (χ1n) is 4.53. The molecule has 0 spiro atoms. The molecule has 0 amide bonds. The number of thiophene rings is 1. The van der Waals surface area contributed by atoms with Gasteiger partial charge in [0.05, 0.1) is 0 Å².